The molecule has 4 heteroatoms. The van der Waals surface area contributed by atoms with Crippen molar-refractivity contribution in [1.29, 1.82) is 0 Å². The molecule has 1 saturated heterocycles. The summed E-state index contributed by atoms with van der Waals surface area (Å²) in [5, 5.41) is 0. The minimum Gasteiger partial charge on any atom is -0.491 e. The molecule has 3 aliphatic carbocycles. The number of allylic oxidation sites excluding steroid dienone is 2. The van der Waals surface area contributed by atoms with E-state index in [4.69, 9.17) is 4.74 Å². The van der Waals surface area contributed by atoms with Gasteiger partial charge in [-0.3, -0.25) is 9.59 Å². The Morgan fingerprint density at radius 2 is 1.65 bits per heavy atom. The van der Waals surface area contributed by atoms with Crippen molar-refractivity contribution in [1.82, 2.24) is 0 Å². The quantitative estimate of drug-likeness (QED) is 0.634. The summed E-state index contributed by atoms with van der Waals surface area (Å²) in [7, 11) is 0. The lowest BCUT2D eigenvalue weighted by Gasteiger charge is -2.38. The summed E-state index contributed by atoms with van der Waals surface area (Å²) in [6.07, 6.45) is 7.20. The molecule has 4 aliphatic rings. The fourth-order valence-electron chi connectivity index (χ4n) is 4.29. The Morgan fingerprint density at radius 3 is 2.22 bits per heavy atom. The molecule has 2 fully saturated rings. The highest BCUT2D eigenvalue weighted by atomic mass is 16.5. The maximum atomic E-state index is 13.0. The fourth-order valence-corrected chi connectivity index (χ4v) is 4.29. The van der Waals surface area contributed by atoms with Gasteiger partial charge in [-0.2, -0.15) is 0 Å². The predicted molar refractivity (Wildman–Crippen MR) is 87.1 cm³/mol. The second kappa shape index (κ2) is 5.52. The van der Waals surface area contributed by atoms with Gasteiger partial charge < -0.3 is 4.74 Å². The SMILES string of the molecule is CCCOc1ccccc1N1C(=O)[C@H]2[C@H](C1=O)[C@H]1C=C[C@H]2CC1. The molecule has 23 heavy (non-hydrogen) atoms. The summed E-state index contributed by atoms with van der Waals surface area (Å²) in [5.74, 6) is 0.606. The molecule has 0 unspecified atom stereocenters. The van der Waals surface area contributed by atoms with Crippen LogP contribution in [-0.4, -0.2) is 18.4 Å². The second-order valence-electron chi connectivity index (χ2n) is 6.67. The molecular formula is C19H21NO3. The number of carbonyl (C=O) groups excluding carboxylic acids is 2. The molecule has 0 N–H and O–H groups in total. The lowest BCUT2D eigenvalue weighted by Crippen LogP contribution is -2.38. The van der Waals surface area contributed by atoms with E-state index in [1.165, 1.54) is 4.90 Å². The van der Waals surface area contributed by atoms with Gasteiger partial charge in [0.25, 0.3) is 0 Å². The van der Waals surface area contributed by atoms with Crippen molar-refractivity contribution in [3.8, 4) is 5.75 Å². The molecule has 0 aromatic heterocycles. The number of rotatable bonds is 4. The van der Waals surface area contributed by atoms with Crippen molar-refractivity contribution in [2.75, 3.05) is 11.5 Å². The van der Waals surface area contributed by atoms with Crippen molar-refractivity contribution in [2.24, 2.45) is 23.7 Å². The van der Waals surface area contributed by atoms with Gasteiger partial charge in [0.1, 0.15) is 5.75 Å². The van der Waals surface area contributed by atoms with Crippen LogP contribution < -0.4 is 9.64 Å². The fraction of sp³-hybridized carbons (Fsp3) is 0.474. The van der Waals surface area contributed by atoms with E-state index >= 15 is 0 Å². The molecule has 1 heterocycles. The number of para-hydroxylation sites is 2. The molecule has 1 aliphatic heterocycles. The molecule has 4 atom stereocenters. The zero-order chi connectivity index (χ0) is 16.0. The molecule has 1 aromatic rings. The molecule has 0 radical (unpaired) electrons. The number of anilines is 1. The number of carbonyl (C=O) groups is 2. The third-order valence-electron chi connectivity index (χ3n) is 5.33. The minimum absolute atomic E-state index is 0.0494. The van der Waals surface area contributed by atoms with Gasteiger partial charge in [0.15, 0.2) is 0 Å². The number of benzene rings is 1. The van der Waals surface area contributed by atoms with Crippen LogP contribution in [0.15, 0.2) is 36.4 Å². The zero-order valence-electron chi connectivity index (χ0n) is 13.3. The maximum Gasteiger partial charge on any atom is 0.238 e. The standard InChI is InChI=1S/C19H21NO3/c1-2-11-23-15-6-4-3-5-14(15)20-18(21)16-12-7-8-13(10-9-12)17(16)19(20)22/h3-8,12-13,16-17H,2,9-11H2,1H3/t12-,13-,16+,17+/m0/s1. The number of fused-ring (bicyclic) bond motifs is 1. The summed E-state index contributed by atoms with van der Waals surface area (Å²) >= 11 is 0. The van der Waals surface area contributed by atoms with Gasteiger partial charge in [0.2, 0.25) is 11.8 Å². The van der Waals surface area contributed by atoms with Crippen LogP contribution in [0.1, 0.15) is 26.2 Å². The minimum atomic E-state index is -0.175. The van der Waals surface area contributed by atoms with Gasteiger partial charge in [-0.25, -0.2) is 4.90 Å². The topological polar surface area (TPSA) is 46.6 Å². The van der Waals surface area contributed by atoms with Crippen LogP contribution in [0.5, 0.6) is 5.75 Å². The van der Waals surface area contributed by atoms with Gasteiger partial charge in [-0.05, 0) is 43.2 Å². The smallest absolute Gasteiger partial charge is 0.238 e. The summed E-state index contributed by atoms with van der Waals surface area (Å²) < 4.78 is 5.76. The van der Waals surface area contributed by atoms with Crippen molar-refractivity contribution >= 4 is 17.5 Å². The Bertz CT molecular complexity index is 649. The van der Waals surface area contributed by atoms with E-state index < -0.39 is 0 Å². The number of amides is 2. The largest absolute Gasteiger partial charge is 0.491 e. The van der Waals surface area contributed by atoms with Crippen LogP contribution >= 0.6 is 0 Å². The Kier molecular flexibility index (Phi) is 3.47. The van der Waals surface area contributed by atoms with Gasteiger partial charge in [0, 0.05) is 0 Å². The van der Waals surface area contributed by atoms with E-state index in [9.17, 15) is 9.59 Å². The van der Waals surface area contributed by atoms with Crippen LogP contribution in [0.2, 0.25) is 0 Å². The molecule has 0 spiro atoms. The molecule has 5 rings (SSSR count). The Labute approximate surface area is 136 Å². The molecule has 1 aromatic carbocycles. The maximum absolute atomic E-state index is 13.0. The van der Waals surface area contributed by atoms with Gasteiger partial charge in [0.05, 0.1) is 24.1 Å². The van der Waals surface area contributed by atoms with Crippen molar-refractivity contribution in [3.05, 3.63) is 36.4 Å². The Hall–Kier alpha value is -2.10. The van der Waals surface area contributed by atoms with Crippen LogP contribution in [0.4, 0.5) is 5.69 Å². The summed E-state index contributed by atoms with van der Waals surface area (Å²) in [5.41, 5.74) is 0.602. The van der Waals surface area contributed by atoms with E-state index in [1.54, 1.807) is 0 Å². The van der Waals surface area contributed by atoms with Crippen LogP contribution in [0.25, 0.3) is 0 Å². The third-order valence-corrected chi connectivity index (χ3v) is 5.33. The van der Waals surface area contributed by atoms with Crippen molar-refractivity contribution < 1.29 is 14.3 Å². The average Bonchev–Trinajstić information content (AvgIpc) is 2.88. The molecule has 2 bridgehead atoms. The van der Waals surface area contributed by atoms with Crippen LogP contribution in [-0.2, 0) is 9.59 Å². The number of ether oxygens (including phenoxy) is 1. The van der Waals surface area contributed by atoms with Crippen LogP contribution in [0, 0.1) is 23.7 Å². The molecule has 120 valence electrons. The summed E-state index contributed by atoms with van der Waals surface area (Å²) in [4.78, 5) is 27.4. The molecule has 2 amide bonds. The Balaban J connectivity index is 1.71. The average molecular weight is 311 g/mol. The first-order chi connectivity index (χ1) is 11.2. The first-order valence-corrected chi connectivity index (χ1v) is 8.50. The normalized spacial score (nSPS) is 31.6. The highest BCUT2D eigenvalue weighted by molar-refractivity contribution is 6.23. The summed E-state index contributed by atoms with van der Waals surface area (Å²) in [6.45, 7) is 2.61. The van der Waals surface area contributed by atoms with E-state index in [2.05, 4.69) is 12.2 Å². The van der Waals surface area contributed by atoms with E-state index in [0.717, 1.165) is 19.3 Å². The number of nitrogens with zero attached hydrogens (tertiary/aromatic N) is 1. The first kappa shape index (κ1) is 14.5. The lowest BCUT2D eigenvalue weighted by molar-refractivity contribution is -0.124. The van der Waals surface area contributed by atoms with Crippen LogP contribution in [0.3, 0.4) is 0 Å². The van der Waals surface area contributed by atoms with E-state index in [-0.39, 0.29) is 35.5 Å². The number of imide groups is 1. The molecule has 4 nitrogen and oxygen atoms in total. The molecule has 1 saturated carbocycles. The lowest BCUT2D eigenvalue weighted by atomic mass is 9.63. The van der Waals surface area contributed by atoms with Gasteiger partial charge >= 0.3 is 0 Å². The van der Waals surface area contributed by atoms with Gasteiger partial charge in [-0.1, -0.05) is 31.2 Å². The van der Waals surface area contributed by atoms with E-state index in [0.29, 0.717) is 18.0 Å². The van der Waals surface area contributed by atoms with E-state index in [1.807, 2.05) is 31.2 Å². The number of hydrogen-bond donors (Lipinski definition) is 0. The first-order valence-electron chi connectivity index (χ1n) is 8.50. The second-order valence-corrected chi connectivity index (χ2v) is 6.67. The third kappa shape index (κ3) is 2.12. The monoisotopic (exact) mass is 311 g/mol. The van der Waals surface area contributed by atoms with Gasteiger partial charge in [-0.15, -0.1) is 0 Å². The summed E-state index contributed by atoms with van der Waals surface area (Å²) in [6, 6.07) is 7.37. The zero-order valence-corrected chi connectivity index (χ0v) is 13.3. The molecular weight excluding hydrogens is 290 g/mol. The van der Waals surface area contributed by atoms with Crippen molar-refractivity contribution in [2.45, 2.75) is 26.2 Å². The highest BCUT2D eigenvalue weighted by Crippen LogP contribution is 2.51. The Morgan fingerprint density at radius 1 is 1.04 bits per heavy atom. The highest BCUT2D eigenvalue weighted by Gasteiger charge is 2.57. The van der Waals surface area contributed by atoms with Crippen molar-refractivity contribution in [3.63, 3.8) is 0 Å². The number of hydrogen-bond acceptors (Lipinski definition) is 3. The predicted octanol–water partition coefficient (Wildman–Crippen LogP) is 3.18.